The topological polar surface area (TPSA) is 66.5 Å². The molecule has 0 spiro atoms. The molecule has 5 rings (SSSR count). The second-order valence-corrected chi connectivity index (χ2v) is 9.28. The van der Waals surface area contributed by atoms with Crippen LogP contribution in [-0.2, 0) is 16.0 Å². The first-order valence-electron chi connectivity index (χ1n) is 11.9. The van der Waals surface area contributed by atoms with Crippen LogP contribution in [0.5, 0.6) is 0 Å². The average Bonchev–Trinajstić information content (AvgIpc) is 2.83. The Morgan fingerprint density at radius 2 is 1.50 bits per heavy atom. The highest BCUT2D eigenvalue weighted by Gasteiger charge is 2.37. The van der Waals surface area contributed by atoms with Crippen molar-refractivity contribution < 1.29 is 14.4 Å². The number of nitrogens with one attached hydrogen (secondary N) is 1. The summed E-state index contributed by atoms with van der Waals surface area (Å²) in [5.74, 6) is -1.33. The highest BCUT2D eigenvalue weighted by Crippen LogP contribution is 2.30. The van der Waals surface area contributed by atoms with E-state index in [2.05, 4.69) is 43.4 Å². The van der Waals surface area contributed by atoms with Crippen LogP contribution in [0.25, 0.3) is 16.8 Å². The number of urea groups is 1. The van der Waals surface area contributed by atoms with E-state index in [1.54, 1.807) is 18.2 Å². The Morgan fingerprint density at radius 3 is 2.25 bits per heavy atom. The lowest BCUT2D eigenvalue weighted by Gasteiger charge is -2.27. The number of fused-ring (bicyclic) bond motifs is 1. The number of rotatable bonds is 4. The number of hydrogen-bond acceptors (Lipinski definition) is 3. The number of benzene rings is 4. The molecule has 0 saturated carbocycles. The summed E-state index contributed by atoms with van der Waals surface area (Å²) in [5, 5.41) is 4.29. The molecule has 36 heavy (non-hydrogen) atoms. The maximum absolute atomic E-state index is 13.6. The molecule has 0 bridgehead atoms. The minimum absolute atomic E-state index is 0.0733. The van der Waals surface area contributed by atoms with E-state index in [1.807, 2.05) is 49.4 Å². The third-order valence-electron chi connectivity index (χ3n) is 6.48. The number of amides is 4. The van der Waals surface area contributed by atoms with Crippen molar-refractivity contribution in [1.29, 1.82) is 0 Å². The molecule has 178 valence electrons. The predicted molar refractivity (Wildman–Crippen MR) is 143 cm³/mol. The van der Waals surface area contributed by atoms with Crippen LogP contribution in [0, 0.1) is 20.8 Å². The molecule has 0 radical (unpaired) electrons. The van der Waals surface area contributed by atoms with Gasteiger partial charge in [0.2, 0.25) is 0 Å². The smallest absolute Gasteiger partial charge is 0.273 e. The molecule has 0 atom stereocenters. The van der Waals surface area contributed by atoms with E-state index < -0.39 is 17.8 Å². The number of aryl methyl sites for hydroxylation is 3. The van der Waals surface area contributed by atoms with Gasteiger partial charge in [-0.25, -0.2) is 9.69 Å². The maximum atomic E-state index is 13.6. The molecule has 4 amide bonds. The first-order valence-corrected chi connectivity index (χ1v) is 11.9. The summed E-state index contributed by atoms with van der Waals surface area (Å²) in [6, 6.07) is 24.8. The summed E-state index contributed by atoms with van der Waals surface area (Å²) in [4.78, 5) is 40.2. The fourth-order valence-electron chi connectivity index (χ4n) is 4.89. The second kappa shape index (κ2) is 9.27. The fraction of sp³-hybridized carbons (Fsp3) is 0.129. The van der Waals surface area contributed by atoms with Crippen LogP contribution in [-0.4, -0.2) is 17.8 Å². The van der Waals surface area contributed by atoms with Crippen LogP contribution in [0.4, 0.5) is 10.5 Å². The zero-order chi connectivity index (χ0) is 25.4. The average molecular weight is 475 g/mol. The van der Waals surface area contributed by atoms with Crippen molar-refractivity contribution in [2.45, 2.75) is 27.2 Å². The zero-order valence-corrected chi connectivity index (χ0v) is 20.5. The third-order valence-corrected chi connectivity index (χ3v) is 6.48. The molecule has 0 unspecified atom stereocenters. The van der Waals surface area contributed by atoms with Gasteiger partial charge in [0.1, 0.15) is 5.57 Å². The van der Waals surface area contributed by atoms with E-state index in [0.717, 1.165) is 37.9 Å². The highest BCUT2D eigenvalue weighted by atomic mass is 16.2. The Bertz CT molecular complexity index is 1560. The quantitative estimate of drug-likeness (QED) is 0.290. The molecule has 0 aliphatic carbocycles. The van der Waals surface area contributed by atoms with E-state index in [-0.39, 0.29) is 5.57 Å². The van der Waals surface area contributed by atoms with Crippen molar-refractivity contribution in [3.63, 3.8) is 0 Å². The van der Waals surface area contributed by atoms with Gasteiger partial charge in [-0.05, 0) is 72.4 Å². The number of para-hydroxylation sites is 1. The van der Waals surface area contributed by atoms with Gasteiger partial charge < -0.3 is 0 Å². The molecule has 4 aromatic rings. The summed E-state index contributed by atoms with van der Waals surface area (Å²) in [6.07, 6.45) is 2.28. The Labute approximate surface area is 210 Å². The summed E-state index contributed by atoms with van der Waals surface area (Å²) in [6.45, 7) is 5.96. The molecular formula is C31H26N2O3. The fourth-order valence-corrected chi connectivity index (χ4v) is 4.89. The highest BCUT2D eigenvalue weighted by molar-refractivity contribution is 6.39. The largest absolute Gasteiger partial charge is 0.335 e. The Balaban J connectivity index is 1.66. The Hall–Kier alpha value is -4.51. The standard InChI is InChI=1S/C31H26N2O3/c1-19-14-20(2)16-22(15-19)17-24-13-12-23-9-5-6-10-25(23)26(24)18-27-29(34)32-31(36)33(30(27)35)28-11-7-4-8-21(28)3/h4-16,18H,17H2,1-3H3,(H,32,34,36)/b27-18+. The number of imide groups is 2. The lowest BCUT2D eigenvalue weighted by Crippen LogP contribution is -2.54. The van der Waals surface area contributed by atoms with Crippen LogP contribution in [0.15, 0.2) is 84.4 Å². The van der Waals surface area contributed by atoms with Crippen molar-refractivity contribution in [3.8, 4) is 0 Å². The van der Waals surface area contributed by atoms with E-state index in [1.165, 1.54) is 11.1 Å². The van der Waals surface area contributed by atoms with Crippen LogP contribution >= 0.6 is 0 Å². The minimum Gasteiger partial charge on any atom is -0.273 e. The number of barbiturate groups is 1. The SMILES string of the molecule is Cc1cc(C)cc(Cc2ccc3ccccc3c2/C=C2\C(=O)NC(=O)N(c3ccccc3C)C2=O)c1. The molecule has 1 N–H and O–H groups in total. The summed E-state index contributed by atoms with van der Waals surface area (Å²) in [5.41, 5.74) is 6.44. The van der Waals surface area contributed by atoms with Gasteiger partial charge in [-0.2, -0.15) is 0 Å². The monoisotopic (exact) mass is 474 g/mol. The van der Waals surface area contributed by atoms with Crippen LogP contribution in [0.3, 0.4) is 0 Å². The van der Waals surface area contributed by atoms with Crippen molar-refractivity contribution in [3.05, 3.63) is 118 Å². The van der Waals surface area contributed by atoms with Crippen LogP contribution in [0.2, 0.25) is 0 Å². The number of hydrogen-bond donors (Lipinski definition) is 1. The normalized spacial score (nSPS) is 15.0. The number of carbonyl (C=O) groups is 3. The Morgan fingerprint density at radius 1 is 0.806 bits per heavy atom. The molecule has 1 saturated heterocycles. The summed E-state index contributed by atoms with van der Waals surface area (Å²) < 4.78 is 0. The lowest BCUT2D eigenvalue weighted by molar-refractivity contribution is -0.122. The molecule has 1 aliphatic heterocycles. The lowest BCUT2D eigenvalue weighted by atomic mass is 9.91. The molecule has 0 aromatic heterocycles. The number of nitrogens with zero attached hydrogens (tertiary/aromatic N) is 1. The van der Waals surface area contributed by atoms with Gasteiger partial charge in [-0.15, -0.1) is 0 Å². The van der Waals surface area contributed by atoms with Gasteiger partial charge in [0.05, 0.1) is 5.69 Å². The third kappa shape index (κ3) is 4.31. The molecule has 5 heteroatoms. The first kappa shape index (κ1) is 23.2. The Kier molecular flexibility index (Phi) is 5.98. The zero-order valence-electron chi connectivity index (χ0n) is 20.5. The summed E-state index contributed by atoms with van der Waals surface area (Å²) in [7, 11) is 0. The van der Waals surface area contributed by atoms with Crippen molar-refractivity contribution in [2.24, 2.45) is 0 Å². The van der Waals surface area contributed by atoms with Crippen molar-refractivity contribution in [2.75, 3.05) is 4.90 Å². The van der Waals surface area contributed by atoms with Crippen molar-refractivity contribution >= 4 is 40.4 Å². The van der Waals surface area contributed by atoms with Gasteiger partial charge in [0.15, 0.2) is 0 Å². The molecule has 1 heterocycles. The molecule has 1 fully saturated rings. The molecule has 5 nitrogen and oxygen atoms in total. The van der Waals surface area contributed by atoms with Gasteiger partial charge >= 0.3 is 6.03 Å². The maximum Gasteiger partial charge on any atom is 0.335 e. The second-order valence-electron chi connectivity index (χ2n) is 9.28. The molecular weight excluding hydrogens is 448 g/mol. The molecule has 4 aromatic carbocycles. The first-order chi connectivity index (χ1) is 17.3. The van der Waals surface area contributed by atoms with E-state index >= 15 is 0 Å². The number of anilines is 1. The minimum atomic E-state index is -0.746. The molecule has 1 aliphatic rings. The van der Waals surface area contributed by atoms with E-state index in [9.17, 15) is 14.4 Å². The van der Waals surface area contributed by atoms with E-state index in [4.69, 9.17) is 0 Å². The van der Waals surface area contributed by atoms with Crippen LogP contribution in [0.1, 0.15) is 33.4 Å². The van der Waals surface area contributed by atoms with Gasteiger partial charge in [0, 0.05) is 0 Å². The van der Waals surface area contributed by atoms with E-state index in [0.29, 0.717) is 12.1 Å². The van der Waals surface area contributed by atoms with Gasteiger partial charge in [0.25, 0.3) is 11.8 Å². The summed E-state index contributed by atoms with van der Waals surface area (Å²) >= 11 is 0. The van der Waals surface area contributed by atoms with Crippen molar-refractivity contribution in [1.82, 2.24) is 5.32 Å². The number of carbonyl (C=O) groups excluding carboxylic acids is 3. The predicted octanol–water partition coefficient (Wildman–Crippen LogP) is 6.02. The van der Waals surface area contributed by atoms with Gasteiger partial charge in [-0.3, -0.25) is 14.9 Å². The van der Waals surface area contributed by atoms with Crippen LogP contribution < -0.4 is 10.2 Å². The van der Waals surface area contributed by atoms with Gasteiger partial charge in [-0.1, -0.05) is 83.9 Å².